The number of hydrogen-bond acceptors (Lipinski definition) is 2. The van der Waals surface area contributed by atoms with E-state index in [4.69, 9.17) is 23.2 Å². The Morgan fingerprint density at radius 1 is 0.750 bits per heavy atom. The Bertz CT molecular complexity index is 765. The normalized spacial score (nSPS) is 19.6. The van der Waals surface area contributed by atoms with E-state index in [1.165, 1.54) is 0 Å². The van der Waals surface area contributed by atoms with Crippen molar-refractivity contribution in [1.29, 1.82) is 0 Å². The van der Waals surface area contributed by atoms with Crippen LogP contribution in [0.3, 0.4) is 0 Å². The van der Waals surface area contributed by atoms with Crippen molar-refractivity contribution in [1.82, 2.24) is 9.80 Å². The predicted molar refractivity (Wildman–Crippen MR) is 113 cm³/mol. The fourth-order valence-electron chi connectivity index (χ4n) is 3.58. The van der Waals surface area contributed by atoms with E-state index >= 15 is 0 Å². The Balaban J connectivity index is 1.61. The molecular weight excluding hydrogens is 395 g/mol. The van der Waals surface area contributed by atoms with E-state index in [9.17, 15) is 9.59 Å². The second kappa shape index (κ2) is 8.97. The summed E-state index contributed by atoms with van der Waals surface area (Å²) < 4.78 is 0. The van der Waals surface area contributed by atoms with Gasteiger partial charge in [0.1, 0.15) is 0 Å². The van der Waals surface area contributed by atoms with Crippen molar-refractivity contribution in [2.75, 3.05) is 13.1 Å². The van der Waals surface area contributed by atoms with Crippen molar-refractivity contribution in [3.05, 3.63) is 69.7 Å². The summed E-state index contributed by atoms with van der Waals surface area (Å²) in [6.07, 6.45) is 0.680. The van der Waals surface area contributed by atoms with Crippen LogP contribution in [0.4, 0.5) is 0 Å². The molecule has 2 aromatic rings. The summed E-state index contributed by atoms with van der Waals surface area (Å²) in [6, 6.07) is 14.6. The highest BCUT2D eigenvalue weighted by atomic mass is 35.5. The Morgan fingerprint density at radius 3 is 1.39 bits per heavy atom. The minimum absolute atomic E-state index is 0.0230. The summed E-state index contributed by atoms with van der Waals surface area (Å²) in [5.74, 6) is 0.151. The highest BCUT2D eigenvalue weighted by Gasteiger charge is 2.34. The molecular formula is C22H24Cl2N2O2. The summed E-state index contributed by atoms with van der Waals surface area (Å²) in [6.45, 7) is 5.07. The maximum absolute atomic E-state index is 12.8. The standard InChI is InChI=1S/C22H24Cl2N2O2/c1-15-13-26(22(28)12-18-5-9-20(24)10-6-18)16(2)14-25(15)21(27)11-17-3-7-19(23)8-4-17/h3-10,15-16H,11-14H2,1-2H3/t15-,16-/m1/s1. The molecule has 148 valence electrons. The van der Waals surface area contributed by atoms with Crippen molar-refractivity contribution in [3.63, 3.8) is 0 Å². The molecule has 1 aliphatic rings. The van der Waals surface area contributed by atoms with Crippen LogP contribution in [0.25, 0.3) is 0 Å². The summed E-state index contributed by atoms with van der Waals surface area (Å²) in [5, 5.41) is 1.32. The Morgan fingerprint density at radius 2 is 1.07 bits per heavy atom. The van der Waals surface area contributed by atoms with Crippen LogP contribution in [0.5, 0.6) is 0 Å². The van der Waals surface area contributed by atoms with Gasteiger partial charge in [-0.2, -0.15) is 0 Å². The van der Waals surface area contributed by atoms with Gasteiger partial charge in [-0.3, -0.25) is 9.59 Å². The number of hydrogen-bond donors (Lipinski definition) is 0. The van der Waals surface area contributed by atoms with Crippen LogP contribution in [-0.2, 0) is 22.4 Å². The van der Waals surface area contributed by atoms with Gasteiger partial charge in [-0.05, 0) is 49.2 Å². The second-order valence-corrected chi connectivity index (χ2v) is 8.27. The average Bonchev–Trinajstić information content (AvgIpc) is 2.66. The lowest BCUT2D eigenvalue weighted by Gasteiger charge is -2.44. The third-order valence-electron chi connectivity index (χ3n) is 5.16. The zero-order chi connectivity index (χ0) is 20.3. The minimum atomic E-state index is -0.0230. The van der Waals surface area contributed by atoms with Gasteiger partial charge in [0.05, 0.1) is 12.8 Å². The van der Waals surface area contributed by atoms with Crippen molar-refractivity contribution in [3.8, 4) is 0 Å². The fourth-order valence-corrected chi connectivity index (χ4v) is 3.83. The molecule has 0 spiro atoms. The first-order valence-electron chi connectivity index (χ1n) is 9.41. The summed E-state index contributed by atoms with van der Waals surface area (Å²) in [7, 11) is 0. The molecule has 2 amide bonds. The fraction of sp³-hybridized carbons (Fsp3) is 0.364. The largest absolute Gasteiger partial charge is 0.336 e. The van der Waals surface area contributed by atoms with Gasteiger partial charge in [0.15, 0.2) is 0 Å². The SMILES string of the molecule is C[C@@H]1CN(C(=O)Cc2ccc(Cl)cc2)[C@H](C)CN1C(=O)Cc1ccc(Cl)cc1. The number of carbonyl (C=O) groups is 2. The first-order valence-corrected chi connectivity index (χ1v) is 10.2. The summed E-state index contributed by atoms with van der Waals surface area (Å²) in [4.78, 5) is 29.3. The van der Waals surface area contributed by atoms with E-state index in [-0.39, 0.29) is 23.9 Å². The molecule has 3 rings (SSSR count). The molecule has 0 aromatic heterocycles. The monoisotopic (exact) mass is 418 g/mol. The van der Waals surface area contributed by atoms with Crippen LogP contribution in [-0.4, -0.2) is 46.8 Å². The molecule has 1 saturated heterocycles. The van der Waals surface area contributed by atoms with Crippen molar-refractivity contribution in [2.45, 2.75) is 38.8 Å². The second-order valence-electron chi connectivity index (χ2n) is 7.40. The van der Waals surface area contributed by atoms with Gasteiger partial charge in [0.2, 0.25) is 11.8 Å². The van der Waals surface area contributed by atoms with Crippen LogP contribution >= 0.6 is 23.2 Å². The molecule has 0 N–H and O–H groups in total. The maximum Gasteiger partial charge on any atom is 0.227 e. The Kier molecular flexibility index (Phi) is 6.63. The van der Waals surface area contributed by atoms with Gasteiger partial charge in [-0.15, -0.1) is 0 Å². The summed E-state index contributed by atoms with van der Waals surface area (Å²) >= 11 is 11.8. The van der Waals surface area contributed by atoms with Crippen LogP contribution in [0, 0.1) is 0 Å². The lowest BCUT2D eigenvalue weighted by molar-refractivity contribution is -0.145. The summed E-state index contributed by atoms with van der Waals surface area (Å²) in [5.41, 5.74) is 1.88. The molecule has 0 saturated carbocycles. The van der Waals surface area contributed by atoms with E-state index in [0.717, 1.165) is 11.1 Å². The van der Waals surface area contributed by atoms with Gasteiger partial charge in [0.25, 0.3) is 0 Å². The quantitative estimate of drug-likeness (QED) is 0.745. The molecule has 6 heteroatoms. The first kappa shape index (κ1) is 20.7. The molecule has 0 unspecified atom stereocenters. The van der Waals surface area contributed by atoms with E-state index in [0.29, 0.717) is 36.0 Å². The van der Waals surface area contributed by atoms with Gasteiger partial charge >= 0.3 is 0 Å². The van der Waals surface area contributed by atoms with Gasteiger partial charge in [-0.1, -0.05) is 47.5 Å². The molecule has 1 aliphatic heterocycles. The smallest absolute Gasteiger partial charge is 0.227 e. The number of nitrogens with zero attached hydrogens (tertiary/aromatic N) is 2. The van der Waals surface area contributed by atoms with Crippen LogP contribution in [0.2, 0.25) is 10.0 Å². The van der Waals surface area contributed by atoms with Gasteiger partial charge in [0, 0.05) is 35.2 Å². The molecule has 1 fully saturated rings. The molecule has 0 radical (unpaired) electrons. The number of halogens is 2. The first-order chi connectivity index (χ1) is 13.3. The van der Waals surface area contributed by atoms with Gasteiger partial charge in [-0.25, -0.2) is 0 Å². The van der Waals surface area contributed by atoms with Crippen molar-refractivity contribution in [2.24, 2.45) is 0 Å². The molecule has 28 heavy (non-hydrogen) atoms. The van der Waals surface area contributed by atoms with Crippen molar-refractivity contribution >= 4 is 35.0 Å². The third-order valence-corrected chi connectivity index (χ3v) is 5.67. The highest BCUT2D eigenvalue weighted by molar-refractivity contribution is 6.30. The molecule has 2 atom stereocenters. The number of amides is 2. The minimum Gasteiger partial charge on any atom is -0.336 e. The van der Waals surface area contributed by atoms with Crippen LogP contribution in [0.1, 0.15) is 25.0 Å². The molecule has 4 nitrogen and oxygen atoms in total. The van der Waals surface area contributed by atoms with Gasteiger partial charge < -0.3 is 9.80 Å². The van der Waals surface area contributed by atoms with E-state index in [1.54, 1.807) is 24.3 Å². The van der Waals surface area contributed by atoms with E-state index < -0.39 is 0 Å². The molecule has 0 aliphatic carbocycles. The highest BCUT2D eigenvalue weighted by Crippen LogP contribution is 2.19. The average molecular weight is 419 g/mol. The lowest BCUT2D eigenvalue weighted by Crippen LogP contribution is -2.60. The van der Waals surface area contributed by atoms with E-state index in [2.05, 4.69) is 0 Å². The Labute approximate surface area is 176 Å². The predicted octanol–water partition coefficient (Wildman–Crippen LogP) is 4.23. The number of carbonyl (C=O) groups excluding carboxylic acids is 2. The maximum atomic E-state index is 12.8. The molecule has 2 aromatic carbocycles. The zero-order valence-corrected chi connectivity index (χ0v) is 17.6. The number of rotatable bonds is 4. The number of benzene rings is 2. The van der Waals surface area contributed by atoms with Crippen LogP contribution in [0.15, 0.2) is 48.5 Å². The Hall–Kier alpha value is -2.04. The van der Waals surface area contributed by atoms with Crippen LogP contribution < -0.4 is 0 Å². The molecule has 0 bridgehead atoms. The lowest BCUT2D eigenvalue weighted by atomic mass is 10.0. The number of piperazine rings is 1. The third kappa shape index (κ3) is 5.06. The van der Waals surface area contributed by atoms with E-state index in [1.807, 2.05) is 47.9 Å². The topological polar surface area (TPSA) is 40.6 Å². The van der Waals surface area contributed by atoms with Crippen molar-refractivity contribution < 1.29 is 9.59 Å². The zero-order valence-electron chi connectivity index (χ0n) is 16.1. The molecule has 1 heterocycles.